The van der Waals surface area contributed by atoms with Crippen LogP contribution in [0.3, 0.4) is 0 Å². The zero-order chi connectivity index (χ0) is 27.8. The van der Waals surface area contributed by atoms with Crippen LogP contribution in [0.15, 0.2) is 97.1 Å². The van der Waals surface area contributed by atoms with Crippen molar-refractivity contribution in [1.29, 1.82) is 0 Å². The molecule has 0 saturated heterocycles. The lowest BCUT2D eigenvalue weighted by Gasteiger charge is -2.25. The molecule has 202 valence electrons. The molecule has 0 aromatic heterocycles. The van der Waals surface area contributed by atoms with E-state index >= 15 is 0 Å². The highest BCUT2D eigenvalue weighted by molar-refractivity contribution is 5.78. The summed E-state index contributed by atoms with van der Waals surface area (Å²) in [6, 6.07) is 27.8. The van der Waals surface area contributed by atoms with Gasteiger partial charge in [0.1, 0.15) is 5.75 Å². The number of benzene rings is 4. The molecule has 0 aliphatic carbocycles. The number of anilines is 1. The summed E-state index contributed by atoms with van der Waals surface area (Å²) in [5.41, 5.74) is 3.49. The summed E-state index contributed by atoms with van der Waals surface area (Å²) < 4.78 is 52.2. The number of esters is 1. The average molecular weight is 534 g/mol. The molecule has 0 saturated carbocycles. The van der Waals surface area contributed by atoms with Crippen LogP contribution in [0.5, 0.6) is 5.75 Å². The van der Waals surface area contributed by atoms with E-state index in [-0.39, 0.29) is 6.42 Å². The van der Waals surface area contributed by atoms with Crippen molar-refractivity contribution in [3.8, 4) is 16.9 Å². The molecule has 0 aliphatic rings. The van der Waals surface area contributed by atoms with Crippen LogP contribution in [-0.4, -0.2) is 20.2 Å². The summed E-state index contributed by atoms with van der Waals surface area (Å²) in [6.07, 6.45) is -3.29. The largest absolute Gasteiger partial charge is 0.496 e. The van der Waals surface area contributed by atoms with Gasteiger partial charge in [-0.05, 0) is 71.5 Å². The highest BCUT2D eigenvalue weighted by atomic mass is 19.4. The maximum Gasteiger partial charge on any atom is 0.416 e. The van der Waals surface area contributed by atoms with Gasteiger partial charge in [0.15, 0.2) is 0 Å². The quantitative estimate of drug-likeness (QED) is 0.211. The molecule has 0 amide bonds. The van der Waals surface area contributed by atoms with Crippen molar-refractivity contribution in [1.82, 2.24) is 0 Å². The Kier molecular flexibility index (Phi) is 8.92. The van der Waals surface area contributed by atoms with Gasteiger partial charge < -0.3 is 14.8 Å². The second kappa shape index (κ2) is 12.5. The molecule has 4 rings (SSSR count). The minimum atomic E-state index is -4.51. The van der Waals surface area contributed by atoms with Crippen molar-refractivity contribution < 1.29 is 27.4 Å². The SMILES string of the molecule is COC(=O)Cc1ccc(OC)c(-c2ccc(C(F)(F)F)cc2C(CCc2ccccc2)Nc2ccccc2)c1. The Labute approximate surface area is 226 Å². The number of halogens is 3. The van der Waals surface area contributed by atoms with E-state index in [9.17, 15) is 18.0 Å². The van der Waals surface area contributed by atoms with Crippen molar-refractivity contribution in [2.24, 2.45) is 0 Å². The molecule has 7 heteroatoms. The number of methoxy groups -OCH3 is 2. The van der Waals surface area contributed by atoms with E-state index in [2.05, 4.69) is 5.32 Å². The Hall–Kier alpha value is -4.26. The van der Waals surface area contributed by atoms with E-state index < -0.39 is 23.8 Å². The van der Waals surface area contributed by atoms with Gasteiger partial charge in [-0.25, -0.2) is 0 Å². The molecule has 1 atom stereocenters. The van der Waals surface area contributed by atoms with E-state index in [1.54, 1.807) is 18.2 Å². The molecule has 0 bridgehead atoms. The molecule has 4 aromatic carbocycles. The Morgan fingerprint density at radius 3 is 2.15 bits per heavy atom. The number of para-hydroxylation sites is 1. The average Bonchev–Trinajstić information content (AvgIpc) is 2.95. The lowest BCUT2D eigenvalue weighted by Crippen LogP contribution is -2.15. The van der Waals surface area contributed by atoms with Gasteiger partial charge in [0.25, 0.3) is 0 Å². The van der Waals surface area contributed by atoms with Gasteiger partial charge in [0.05, 0.1) is 32.2 Å². The third kappa shape index (κ3) is 7.19. The summed E-state index contributed by atoms with van der Waals surface area (Å²) in [6.45, 7) is 0. The highest BCUT2D eigenvalue weighted by Crippen LogP contribution is 2.41. The van der Waals surface area contributed by atoms with Gasteiger partial charge in [-0.2, -0.15) is 13.2 Å². The van der Waals surface area contributed by atoms with Gasteiger partial charge in [-0.15, -0.1) is 0 Å². The molecule has 4 nitrogen and oxygen atoms in total. The molecule has 1 unspecified atom stereocenters. The number of hydrogen-bond donors (Lipinski definition) is 1. The van der Waals surface area contributed by atoms with Gasteiger partial charge >= 0.3 is 12.1 Å². The fourth-order valence-electron chi connectivity index (χ4n) is 4.58. The molecule has 1 N–H and O–H groups in total. The Balaban J connectivity index is 1.86. The van der Waals surface area contributed by atoms with Crippen molar-refractivity contribution >= 4 is 11.7 Å². The summed E-state index contributed by atoms with van der Waals surface area (Å²) in [4.78, 5) is 11.9. The lowest BCUT2D eigenvalue weighted by molar-refractivity contribution is -0.140. The Bertz CT molecular complexity index is 1390. The highest BCUT2D eigenvalue weighted by Gasteiger charge is 2.32. The summed E-state index contributed by atoms with van der Waals surface area (Å²) in [7, 11) is 2.82. The van der Waals surface area contributed by atoms with Crippen LogP contribution in [0.2, 0.25) is 0 Å². The predicted molar refractivity (Wildman–Crippen MR) is 147 cm³/mol. The van der Waals surface area contributed by atoms with Crippen LogP contribution in [-0.2, 0) is 28.5 Å². The minimum absolute atomic E-state index is 0.0309. The number of rotatable bonds is 10. The standard InChI is InChI=1S/C32H30F3NO3/c1-38-30-18-14-23(20-31(37)39-2)19-28(30)26-16-15-24(32(33,34)35)21-27(26)29(36-25-11-7-4-8-12-25)17-13-22-9-5-3-6-10-22/h3-12,14-16,18-19,21,29,36H,13,17,20H2,1-2H3. The van der Waals surface area contributed by atoms with Crippen LogP contribution in [0.4, 0.5) is 18.9 Å². The van der Waals surface area contributed by atoms with E-state index in [0.717, 1.165) is 17.3 Å². The minimum Gasteiger partial charge on any atom is -0.496 e. The number of carbonyl (C=O) groups is 1. The number of hydrogen-bond acceptors (Lipinski definition) is 4. The molecule has 4 aromatic rings. The topological polar surface area (TPSA) is 47.6 Å². The van der Waals surface area contributed by atoms with Crippen LogP contribution in [0.1, 0.15) is 34.7 Å². The first-order valence-electron chi connectivity index (χ1n) is 12.6. The van der Waals surface area contributed by atoms with Crippen molar-refractivity contribution in [3.05, 3.63) is 119 Å². The molecule has 0 fully saturated rings. The van der Waals surface area contributed by atoms with Crippen molar-refractivity contribution in [2.75, 3.05) is 19.5 Å². The monoisotopic (exact) mass is 533 g/mol. The van der Waals surface area contributed by atoms with Gasteiger partial charge in [0, 0.05) is 11.3 Å². The summed E-state index contributed by atoms with van der Waals surface area (Å²) >= 11 is 0. The second-order valence-electron chi connectivity index (χ2n) is 9.17. The van der Waals surface area contributed by atoms with E-state index in [1.165, 1.54) is 26.4 Å². The van der Waals surface area contributed by atoms with Crippen molar-refractivity contribution in [2.45, 2.75) is 31.5 Å². The predicted octanol–water partition coefficient (Wildman–Crippen LogP) is 7.88. The number of ether oxygens (including phenoxy) is 2. The molecule has 39 heavy (non-hydrogen) atoms. The first-order chi connectivity index (χ1) is 18.8. The van der Waals surface area contributed by atoms with Gasteiger partial charge in [-0.3, -0.25) is 4.79 Å². The first kappa shape index (κ1) is 27.8. The second-order valence-corrected chi connectivity index (χ2v) is 9.17. The molecular formula is C32H30F3NO3. The normalized spacial score (nSPS) is 12.0. The van der Waals surface area contributed by atoms with Crippen LogP contribution in [0, 0.1) is 0 Å². The molecule has 0 spiro atoms. The fraction of sp³-hybridized carbons (Fsp3) is 0.219. The van der Waals surface area contributed by atoms with Crippen LogP contribution >= 0.6 is 0 Å². The first-order valence-corrected chi connectivity index (χ1v) is 12.6. The van der Waals surface area contributed by atoms with E-state index in [0.29, 0.717) is 40.8 Å². The van der Waals surface area contributed by atoms with Gasteiger partial charge in [0.2, 0.25) is 0 Å². The lowest BCUT2D eigenvalue weighted by atomic mass is 9.88. The van der Waals surface area contributed by atoms with Gasteiger partial charge in [-0.1, -0.05) is 60.7 Å². The van der Waals surface area contributed by atoms with Crippen molar-refractivity contribution in [3.63, 3.8) is 0 Å². The fourth-order valence-corrected chi connectivity index (χ4v) is 4.58. The van der Waals surface area contributed by atoms with E-state index in [1.807, 2.05) is 60.7 Å². The zero-order valence-corrected chi connectivity index (χ0v) is 21.8. The van der Waals surface area contributed by atoms with Crippen LogP contribution in [0.25, 0.3) is 11.1 Å². The smallest absolute Gasteiger partial charge is 0.416 e. The number of carbonyl (C=O) groups excluding carboxylic acids is 1. The summed E-state index contributed by atoms with van der Waals surface area (Å²) in [5.74, 6) is 0.0800. The maximum absolute atomic E-state index is 13.9. The Morgan fingerprint density at radius 2 is 1.51 bits per heavy atom. The maximum atomic E-state index is 13.9. The summed E-state index contributed by atoms with van der Waals surface area (Å²) in [5, 5.41) is 3.47. The van der Waals surface area contributed by atoms with Crippen LogP contribution < -0.4 is 10.1 Å². The third-order valence-corrected chi connectivity index (χ3v) is 6.56. The van der Waals surface area contributed by atoms with E-state index in [4.69, 9.17) is 9.47 Å². The zero-order valence-electron chi connectivity index (χ0n) is 21.8. The number of alkyl halides is 3. The molecular weight excluding hydrogens is 503 g/mol. The number of nitrogens with one attached hydrogen (secondary N) is 1. The Morgan fingerprint density at radius 1 is 0.821 bits per heavy atom. The molecule has 0 aliphatic heterocycles. The number of aryl methyl sites for hydroxylation is 1. The molecule has 0 heterocycles. The third-order valence-electron chi connectivity index (χ3n) is 6.56. The molecule has 0 radical (unpaired) electrons.